The van der Waals surface area contributed by atoms with Crippen LogP contribution in [0.4, 0.5) is 13.2 Å². The number of hydrogen-bond donors (Lipinski definition) is 1. The van der Waals surface area contributed by atoms with Crippen LogP contribution in [0.3, 0.4) is 0 Å². The highest BCUT2D eigenvalue weighted by atomic mass is 32.2. The molecule has 0 aromatic rings. The van der Waals surface area contributed by atoms with E-state index in [0.717, 1.165) is 23.0 Å². The summed E-state index contributed by atoms with van der Waals surface area (Å²) in [6.07, 6.45) is -2.83. The van der Waals surface area contributed by atoms with Crippen molar-refractivity contribution in [2.45, 2.75) is 38.4 Å². The Labute approximate surface area is 150 Å². The van der Waals surface area contributed by atoms with Crippen molar-refractivity contribution < 1.29 is 22.8 Å². The fraction of sp³-hybridized carbons (Fsp3) is 0.875. The number of carbonyl (C=O) groups excluding carboxylic acids is 2. The molecular formula is C16H26F3N3O2S. The Bertz CT molecular complexity index is 470. The normalized spacial score (nSPS) is 24.9. The third-order valence-corrected chi connectivity index (χ3v) is 5.74. The van der Waals surface area contributed by atoms with Gasteiger partial charge in [-0.2, -0.15) is 24.9 Å². The lowest BCUT2D eigenvalue weighted by Gasteiger charge is -2.36. The Morgan fingerprint density at radius 2 is 2.12 bits per heavy atom. The van der Waals surface area contributed by atoms with E-state index in [-0.39, 0.29) is 25.0 Å². The SMILES string of the molecule is CCN(CC(F)(F)F)C(=O)C1CCCN(C(=O)CC2CSCCN2)C1. The zero-order valence-electron chi connectivity index (χ0n) is 14.5. The zero-order chi connectivity index (χ0) is 18.4. The van der Waals surface area contributed by atoms with E-state index in [9.17, 15) is 22.8 Å². The highest BCUT2D eigenvalue weighted by molar-refractivity contribution is 7.99. The molecule has 0 aromatic carbocycles. The van der Waals surface area contributed by atoms with Gasteiger partial charge in [0.15, 0.2) is 0 Å². The van der Waals surface area contributed by atoms with E-state index in [2.05, 4.69) is 5.32 Å². The van der Waals surface area contributed by atoms with Gasteiger partial charge in [0.05, 0.1) is 5.92 Å². The van der Waals surface area contributed by atoms with Crippen molar-refractivity contribution in [3.63, 3.8) is 0 Å². The van der Waals surface area contributed by atoms with Gasteiger partial charge in [0.1, 0.15) is 6.54 Å². The molecule has 2 amide bonds. The van der Waals surface area contributed by atoms with Crippen LogP contribution in [0.15, 0.2) is 0 Å². The van der Waals surface area contributed by atoms with E-state index in [1.54, 1.807) is 11.8 Å². The van der Waals surface area contributed by atoms with Gasteiger partial charge in [-0.25, -0.2) is 0 Å². The molecule has 9 heteroatoms. The van der Waals surface area contributed by atoms with E-state index >= 15 is 0 Å². The van der Waals surface area contributed by atoms with E-state index in [1.165, 1.54) is 0 Å². The molecule has 0 radical (unpaired) electrons. The van der Waals surface area contributed by atoms with Crippen LogP contribution in [-0.2, 0) is 9.59 Å². The lowest BCUT2D eigenvalue weighted by Crippen LogP contribution is -2.50. The Morgan fingerprint density at radius 1 is 1.36 bits per heavy atom. The first-order valence-corrected chi connectivity index (χ1v) is 9.90. The molecule has 0 saturated carbocycles. The van der Waals surface area contributed by atoms with E-state index in [0.29, 0.717) is 25.8 Å². The Hall–Kier alpha value is -0.960. The van der Waals surface area contributed by atoms with Crippen LogP contribution < -0.4 is 5.32 Å². The van der Waals surface area contributed by atoms with Crippen LogP contribution in [0, 0.1) is 5.92 Å². The summed E-state index contributed by atoms with van der Waals surface area (Å²) in [6, 6.07) is 0.139. The lowest BCUT2D eigenvalue weighted by molar-refractivity contribution is -0.164. The fourth-order valence-corrected chi connectivity index (χ4v) is 4.27. The number of nitrogens with one attached hydrogen (secondary N) is 1. The molecule has 2 rings (SSSR count). The average molecular weight is 381 g/mol. The number of rotatable bonds is 5. The number of alkyl halides is 3. The molecule has 2 aliphatic heterocycles. The number of hydrogen-bond acceptors (Lipinski definition) is 4. The summed E-state index contributed by atoms with van der Waals surface area (Å²) < 4.78 is 37.9. The smallest absolute Gasteiger partial charge is 0.342 e. The van der Waals surface area contributed by atoms with Crippen molar-refractivity contribution in [1.29, 1.82) is 0 Å². The minimum Gasteiger partial charge on any atom is -0.342 e. The van der Waals surface area contributed by atoms with Crippen molar-refractivity contribution in [1.82, 2.24) is 15.1 Å². The van der Waals surface area contributed by atoms with E-state index in [4.69, 9.17) is 0 Å². The molecule has 2 fully saturated rings. The van der Waals surface area contributed by atoms with Crippen molar-refractivity contribution in [2.75, 3.05) is 44.2 Å². The number of amides is 2. The molecular weight excluding hydrogens is 355 g/mol. The minimum atomic E-state index is -4.40. The molecule has 2 aliphatic rings. The van der Waals surface area contributed by atoms with Crippen molar-refractivity contribution in [3.8, 4) is 0 Å². The molecule has 2 atom stereocenters. The third-order valence-electron chi connectivity index (χ3n) is 4.61. The number of piperidine rings is 1. The maximum atomic E-state index is 12.6. The van der Waals surface area contributed by atoms with Gasteiger partial charge in [-0.15, -0.1) is 0 Å². The van der Waals surface area contributed by atoms with Crippen molar-refractivity contribution >= 4 is 23.6 Å². The summed E-state index contributed by atoms with van der Waals surface area (Å²) in [4.78, 5) is 27.4. The Morgan fingerprint density at radius 3 is 2.72 bits per heavy atom. The maximum absolute atomic E-state index is 12.6. The van der Waals surface area contributed by atoms with Gasteiger partial charge >= 0.3 is 6.18 Å². The summed E-state index contributed by atoms with van der Waals surface area (Å²) >= 11 is 1.81. The van der Waals surface area contributed by atoms with Crippen LogP contribution in [0.2, 0.25) is 0 Å². The van der Waals surface area contributed by atoms with Gasteiger partial charge in [-0.05, 0) is 19.8 Å². The van der Waals surface area contributed by atoms with Gasteiger partial charge in [-0.1, -0.05) is 0 Å². The summed E-state index contributed by atoms with van der Waals surface area (Å²) in [5.74, 6) is 0.877. The second kappa shape index (κ2) is 9.12. The number of carbonyl (C=O) groups is 2. The molecule has 144 valence electrons. The molecule has 1 N–H and O–H groups in total. The standard InChI is InChI=1S/C16H26F3N3O2S/c1-2-21(11-16(17,18)19)15(24)12-4-3-6-22(9-12)14(23)8-13-10-25-7-5-20-13/h12-13,20H,2-11H2,1H3. The van der Waals surface area contributed by atoms with Crippen molar-refractivity contribution in [3.05, 3.63) is 0 Å². The highest BCUT2D eigenvalue weighted by Crippen LogP contribution is 2.23. The predicted octanol–water partition coefficient (Wildman–Crippen LogP) is 1.73. The van der Waals surface area contributed by atoms with E-state index in [1.807, 2.05) is 11.8 Å². The van der Waals surface area contributed by atoms with Crippen LogP contribution >= 0.6 is 11.8 Å². The largest absolute Gasteiger partial charge is 0.406 e. The molecule has 5 nitrogen and oxygen atoms in total. The lowest BCUT2D eigenvalue weighted by atomic mass is 9.96. The van der Waals surface area contributed by atoms with Gasteiger partial charge < -0.3 is 15.1 Å². The number of likely N-dealkylation sites (tertiary alicyclic amines) is 1. The van der Waals surface area contributed by atoms with Crippen LogP contribution in [0.5, 0.6) is 0 Å². The second-order valence-corrected chi connectivity index (χ2v) is 7.73. The van der Waals surface area contributed by atoms with Gasteiger partial charge in [0.25, 0.3) is 0 Å². The quantitative estimate of drug-likeness (QED) is 0.788. The van der Waals surface area contributed by atoms with Crippen LogP contribution in [0.1, 0.15) is 26.2 Å². The number of nitrogens with zero attached hydrogens (tertiary/aromatic N) is 2. The highest BCUT2D eigenvalue weighted by Gasteiger charge is 2.36. The molecule has 25 heavy (non-hydrogen) atoms. The van der Waals surface area contributed by atoms with Gasteiger partial charge in [-0.3, -0.25) is 9.59 Å². The molecule has 0 aliphatic carbocycles. The Kier molecular flexibility index (Phi) is 7.42. The maximum Gasteiger partial charge on any atom is 0.406 e. The minimum absolute atomic E-state index is 0.0173. The molecule has 0 aromatic heterocycles. The van der Waals surface area contributed by atoms with E-state index < -0.39 is 24.5 Å². The summed E-state index contributed by atoms with van der Waals surface area (Å²) in [7, 11) is 0. The molecule has 0 bridgehead atoms. The molecule has 2 saturated heterocycles. The topological polar surface area (TPSA) is 52.7 Å². The third kappa shape index (κ3) is 6.36. The summed E-state index contributed by atoms with van der Waals surface area (Å²) in [5, 5.41) is 3.31. The molecule has 2 unspecified atom stereocenters. The van der Waals surface area contributed by atoms with Crippen molar-refractivity contribution in [2.24, 2.45) is 5.92 Å². The summed E-state index contributed by atoms with van der Waals surface area (Å²) in [5.41, 5.74) is 0. The molecule has 2 heterocycles. The van der Waals surface area contributed by atoms with Crippen LogP contribution in [-0.4, -0.2) is 78.1 Å². The Balaban J connectivity index is 1.90. The van der Waals surface area contributed by atoms with Crippen LogP contribution in [0.25, 0.3) is 0 Å². The summed E-state index contributed by atoms with van der Waals surface area (Å²) in [6.45, 7) is 2.02. The zero-order valence-corrected chi connectivity index (χ0v) is 15.3. The van der Waals surface area contributed by atoms with Gasteiger partial charge in [0.2, 0.25) is 11.8 Å². The van der Waals surface area contributed by atoms with Gasteiger partial charge in [0, 0.05) is 50.1 Å². The second-order valence-electron chi connectivity index (χ2n) is 6.58. The fourth-order valence-electron chi connectivity index (χ4n) is 3.32. The number of thioether (sulfide) groups is 1. The average Bonchev–Trinajstić information content (AvgIpc) is 2.59. The first-order valence-electron chi connectivity index (χ1n) is 8.74. The monoisotopic (exact) mass is 381 g/mol. The molecule has 0 spiro atoms. The predicted molar refractivity (Wildman–Crippen MR) is 91.3 cm³/mol. The number of halogens is 3. The first kappa shape index (κ1) is 20.4. The first-order chi connectivity index (χ1) is 11.8.